The third-order valence-electron chi connectivity index (χ3n) is 3.16. The van der Waals surface area contributed by atoms with Crippen LogP contribution in [0.15, 0.2) is 48.5 Å². The topological polar surface area (TPSA) is 17.1 Å². The summed E-state index contributed by atoms with van der Waals surface area (Å²) < 4.78 is 0. The molecule has 0 saturated carbocycles. The fourth-order valence-corrected chi connectivity index (χ4v) is 2.86. The number of benzene rings is 2. The quantitative estimate of drug-likeness (QED) is 0.728. The van der Waals surface area contributed by atoms with Gasteiger partial charge in [-0.05, 0) is 23.1 Å². The molecule has 3 rings (SSSR count). The molecule has 0 N–H and O–H groups in total. The molecular formula is C15H11BrO. The summed E-state index contributed by atoms with van der Waals surface area (Å²) in [6.07, 6.45) is 0.800. The van der Waals surface area contributed by atoms with Gasteiger partial charge in [0.25, 0.3) is 0 Å². The van der Waals surface area contributed by atoms with Crippen LogP contribution in [0.3, 0.4) is 0 Å². The van der Waals surface area contributed by atoms with Crippen LogP contribution in [0.5, 0.6) is 0 Å². The second-order valence-electron chi connectivity index (χ2n) is 4.27. The molecule has 1 aliphatic carbocycles. The van der Waals surface area contributed by atoms with Crippen molar-refractivity contribution in [3.63, 3.8) is 0 Å². The number of rotatable bonds is 1. The molecule has 2 aromatic carbocycles. The average molecular weight is 287 g/mol. The van der Waals surface area contributed by atoms with Gasteiger partial charge in [0.2, 0.25) is 0 Å². The van der Waals surface area contributed by atoms with Crippen molar-refractivity contribution in [2.75, 3.05) is 0 Å². The molecule has 0 amide bonds. The normalized spacial score (nSPS) is 18.2. The van der Waals surface area contributed by atoms with Crippen LogP contribution in [0, 0.1) is 0 Å². The van der Waals surface area contributed by atoms with Crippen molar-refractivity contribution < 1.29 is 4.79 Å². The van der Waals surface area contributed by atoms with E-state index in [9.17, 15) is 4.79 Å². The van der Waals surface area contributed by atoms with Gasteiger partial charge >= 0.3 is 0 Å². The predicted octanol–water partition coefficient (Wildman–Crippen LogP) is 3.86. The maximum absolute atomic E-state index is 11.8. The number of carbonyl (C=O) groups excluding carboxylic acids is 1. The van der Waals surface area contributed by atoms with Gasteiger partial charge in [0.05, 0.1) is 4.83 Å². The number of carbonyl (C=O) groups is 1. The fraction of sp³-hybridized carbons (Fsp3) is 0.133. The highest BCUT2D eigenvalue weighted by atomic mass is 79.9. The van der Waals surface area contributed by atoms with Crippen LogP contribution < -0.4 is 0 Å². The Labute approximate surface area is 109 Å². The molecule has 1 unspecified atom stereocenters. The number of hydrogen-bond acceptors (Lipinski definition) is 1. The molecule has 84 valence electrons. The Hall–Kier alpha value is -1.41. The Balaban J connectivity index is 2.07. The summed E-state index contributed by atoms with van der Waals surface area (Å²) in [7, 11) is 0. The van der Waals surface area contributed by atoms with Crippen molar-refractivity contribution in [1.82, 2.24) is 0 Å². The van der Waals surface area contributed by atoms with Crippen molar-refractivity contribution in [1.29, 1.82) is 0 Å². The second-order valence-corrected chi connectivity index (χ2v) is 5.38. The maximum atomic E-state index is 11.8. The first kappa shape index (κ1) is 10.7. The summed E-state index contributed by atoms with van der Waals surface area (Å²) in [4.78, 5) is 11.8. The fourth-order valence-electron chi connectivity index (χ4n) is 2.27. The number of fused-ring (bicyclic) bond motifs is 1. The van der Waals surface area contributed by atoms with Gasteiger partial charge in [0.15, 0.2) is 5.78 Å². The molecule has 1 atom stereocenters. The van der Waals surface area contributed by atoms with Crippen LogP contribution in [-0.4, -0.2) is 10.6 Å². The largest absolute Gasteiger partial charge is 0.293 e. The number of alkyl halides is 1. The van der Waals surface area contributed by atoms with Gasteiger partial charge in [-0.25, -0.2) is 0 Å². The minimum atomic E-state index is -0.0384. The lowest BCUT2D eigenvalue weighted by molar-refractivity contribution is 0.100. The molecule has 0 spiro atoms. The molecule has 0 aromatic heterocycles. The Kier molecular flexibility index (Phi) is 2.60. The summed E-state index contributed by atoms with van der Waals surface area (Å²) in [5.74, 6) is 0.208. The molecule has 2 heteroatoms. The zero-order valence-electron chi connectivity index (χ0n) is 9.19. The monoisotopic (exact) mass is 286 g/mol. The smallest absolute Gasteiger partial charge is 0.177 e. The Morgan fingerprint density at radius 1 is 1.00 bits per heavy atom. The summed E-state index contributed by atoms with van der Waals surface area (Å²) >= 11 is 3.42. The Morgan fingerprint density at radius 3 is 2.53 bits per heavy atom. The lowest BCUT2D eigenvalue weighted by atomic mass is 10.0. The van der Waals surface area contributed by atoms with Gasteiger partial charge in [0.1, 0.15) is 0 Å². The van der Waals surface area contributed by atoms with E-state index in [1.807, 2.05) is 30.3 Å². The number of ketones is 1. The van der Waals surface area contributed by atoms with E-state index in [4.69, 9.17) is 0 Å². The van der Waals surface area contributed by atoms with E-state index in [-0.39, 0.29) is 10.6 Å². The molecule has 17 heavy (non-hydrogen) atoms. The van der Waals surface area contributed by atoms with Crippen LogP contribution in [0.2, 0.25) is 0 Å². The van der Waals surface area contributed by atoms with Gasteiger partial charge in [-0.15, -0.1) is 0 Å². The number of halogens is 1. The van der Waals surface area contributed by atoms with Gasteiger partial charge in [-0.2, -0.15) is 0 Å². The first-order valence-corrected chi connectivity index (χ1v) is 6.54. The SMILES string of the molecule is O=C1c2ccc(-c3ccccc3)cc2CC1Br. The van der Waals surface area contributed by atoms with Crippen molar-refractivity contribution in [2.24, 2.45) is 0 Å². The van der Waals surface area contributed by atoms with Crippen molar-refractivity contribution in [3.8, 4) is 11.1 Å². The lowest BCUT2D eigenvalue weighted by Gasteiger charge is -2.04. The molecule has 0 bridgehead atoms. The zero-order valence-corrected chi connectivity index (χ0v) is 10.8. The number of hydrogen-bond donors (Lipinski definition) is 0. The van der Waals surface area contributed by atoms with E-state index < -0.39 is 0 Å². The molecule has 0 heterocycles. The predicted molar refractivity (Wildman–Crippen MR) is 72.6 cm³/mol. The third kappa shape index (κ3) is 1.83. The van der Waals surface area contributed by atoms with Crippen LogP contribution in [0.25, 0.3) is 11.1 Å². The summed E-state index contributed by atoms with van der Waals surface area (Å²) in [6, 6.07) is 16.3. The van der Waals surface area contributed by atoms with E-state index >= 15 is 0 Å². The standard InChI is InChI=1S/C15H11BrO/c16-14-9-12-8-11(6-7-13(12)15(14)17)10-4-2-1-3-5-10/h1-8,14H,9H2. The summed E-state index contributed by atoms with van der Waals surface area (Å²) in [5, 5.41) is 0. The Morgan fingerprint density at radius 2 is 1.76 bits per heavy atom. The highest BCUT2D eigenvalue weighted by molar-refractivity contribution is 9.10. The molecule has 2 aromatic rings. The minimum absolute atomic E-state index is 0.0384. The van der Waals surface area contributed by atoms with Gasteiger partial charge in [-0.3, -0.25) is 4.79 Å². The third-order valence-corrected chi connectivity index (χ3v) is 3.90. The highest BCUT2D eigenvalue weighted by Gasteiger charge is 2.28. The maximum Gasteiger partial charge on any atom is 0.177 e. The molecule has 0 fully saturated rings. The van der Waals surface area contributed by atoms with Crippen LogP contribution in [0.4, 0.5) is 0 Å². The van der Waals surface area contributed by atoms with Crippen LogP contribution in [-0.2, 0) is 6.42 Å². The van der Waals surface area contributed by atoms with Crippen molar-refractivity contribution in [2.45, 2.75) is 11.2 Å². The van der Waals surface area contributed by atoms with Gasteiger partial charge in [-0.1, -0.05) is 64.5 Å². The van der Waals surface area contributed by atoms with Crippen molar-refractivity contribution in [3.05, 3.63) is 59.7 Å². The second kappa shape index (κ2) is 4.11. The van der Waals surface area contributed by atoms with Gasteiger partial charge in [0, 0.05) is 5.56 Å². The summed E-state index contributed by atoms with van der Waals surface area (Å²) in [6.45, 7) is 0. The average Bonchev–Trinajstić information content (AvgIpc) is 2.66. The zero-order chi connectivity index (χ0) is 11.8. The van der Waals surface area contributed by atoms with Crippen molar-refractivity contribution >= 4 is 21.7 Å². The minimum Gasteiger partial charge on any atom is -0.293 e. The Bertz CT molecular complexity index is 575. The van der Waals surface area contributed by atoms with Gasteiger partial charge < -0.3 is 0 Å². The van der Waals surface area contributed by atoms with E-state index in [2.05, 4.69) is 34.1 Å². The summed E-state index contributed by atoms with van der Waals surface area (Å²) in [5.41, 5.74) is 4.39. The molecule has 1 aliphatic rings. The highest BCUT2D eigenvalue weighted by Crippen LogP contribution is 2.30. The molecule has 0 aliphatic heterocycles. The molecule has 0 radical (unpaired) electrons. The van der Waals surface area contributed by atoms with E-state index in [0.717, 1.165) is 17.5 Å². The van der Waals surface area contributed by atoms with Crippen LogP contribution in [0.1, 0.15) is 15.9 Å². The lowest BCUT2D eigenvalue weighted by Crippen LogP contribution is -2.05. The van der Waals surface area contributed by atoms with E-state index in [1.54, 1.807) is 0 Å². The van der Waals surface area contributed by atoms with E-state index in [1.165, 1.54) is 11.1 Å². The van der Waals surface area contributed by atoms with E-state index in [0.29, 0.717) is 0 Å². The molecule has 1 nitrogen and oxygen atoms in total. The van der Waals surface area contributed by atoms with Crippen LogP contribution >= 0.6 is 15.9 Å². The molecular weight excluding hydrogens is 276 g/mol. The molecule has 0 saturated heterocycles. The first-order chi connectivity index (χ1) is 8.25. The first-order valence-electron chi connectivity index (χ1n) is 5.62. The number of Topliss-reactive ketones (excluding diaryl/α,β-unsaturated/α-hetero) is 1.